The zero-order valence-corrected chi connectivity index (χ0v) is 12.3. The maximum Gasteiger partial charge on any atom is 0.242 e. The number of aromatic nitrogens is 1. The Bertz CT molecular complexity index is 693. The molecule has 0 radical (unpaired) electrons. The number of sulfonamides is 1. The van der Waals surface area contributed by atoms with Crippen LogP contribution in [0.25, 0.3) is 0 Å². The van der Waals surface area contributed by atoms with Crippen LogP contribution in [0.1, 0.15) is 15.4 Å². The van der Waals surface area contributed by atoms with E-state index >= 15 is 0 Å². The minimum atomic E-state index is -3.60. The average Bonchev–Trinajstić information content (AvgIpc) is 2.72. The number of nitrogens with zero attached hydrogens (tertiary/aromatic N) is 1. The quantitative estimate of drug-likeness (QED) is 0.843. The number of anilines is 1. The molecule has 0 bridgehead atoms. The lowest BCUT2D eigenvalue weighted by Gasteiger charge is -2.08. The maximum atomic E-state index is 12.1. The minimum Gasteiger partial charge on any atom is -0.398 e. The molecule has 19 heavy (non-hydrogen) atoms. The molecule has 102 valence electrons. The SMILES string of the molecule is Cc1ccc(S(=O)(=O)NCc2ncc(C)s2)c(N)c1. The fourth-order valence-corrected chi connectivity index (χ4v) is 3.55. The molecule has 0 saturated carbocycles. The van der Waals surface area contributed by atoms with Crippen LogP contribution in [0.3, 0.4) is 0 Å². The summed E-state index contributed by atoms with van der Waals surface area (Å²) in [5.41, 5.74) is 6.92. The highest BCUT2D eigenvalue weighted by Crippen LogP contribution is 2.20. The Morgan fingerprint density at radius 1 is 1.37 bits per heavy atom. The topological polar surface area (TPSA) is 85.1 Å². The molecule has 0 amide bonds. The van der Waals surface area contributed by atoms with Gasteiger partial charge in [-0.15, -0.1) is 11.3 Å². The lowest BCUT2D eigenvalue weighted by atomic mass is 10.2. The molecule has 3 N–H and O–H groups in total. The van der Waals surface area contributed by atoms with Crippen LogP contribution in [0, 0.1) is 13.8 Å². The van der Waals surface area contributed by atoms with Crippen LogP contribution in [-0.2, 0) is 16.6 Å². The Balaban J connectivity index is 2.18. The predicted octanol–water partition coefficient (Wildman–Crippen LogP) is 1.82. The van der Waals surface area contributed by atoms with E-state index in [9.17, 15) is 8.42 Å². The lowest BCUT2D eigenvalue weighted by Crippen LogP contribution is -2.24. The molecule has 0 saturated heterocycles. The van der Waals surface area contributed by atoms with Gasteiger partial charge in [0.15, 0.2) is 0 Å². The maximum absolute atomic E-state index is 12.1. The fraction of sp³-hybridized carbons (Fsp3) is 0.250. The highest BCUT2D eigenvalue weighted by atomic mass is 32.2. The van der Waals surface area contributed by atoms with Gasteiger partial charge >= 0.3 is 0 Å². The molecular weight excluding hydrogens is 282 g/mol. The highest BCUT2D eigenvalue weighted by molar-refractivity contribution is 7.89. The van der Waals surface area contributed by atoms with Gasteiger partial charge < -0.3 is 5.73 Å². The molecule has 0 fully saturated rings. The number of nitrogens with one attached hydrogen (secondary N) is 1. The van der Waals surface area contributed by atoms with Gasteiger partial charge in [-0.2, -0.15) is 0 Å². The first kappa shape index (κ1) is 14.0. The van der Waals surface area contributed by atoms with E-state index in [0.29, 0.717) is 0 Å². The Hall–Kier alpha value is -1.44. The molecule has 0 unspecified atom stereocenters. The van der Waals surface area contributed by atoms with Gasteiger partial charge in [0.2, 0.25) is 10.0 Å². The van der Waals surface area contributed by atoms with Crippen molar-refractivity contribution in [1.29, 1.82) is 0 Å². The molecule has 0 atom stereocenters. The van der Waals surface area contributed by atoms with Crippen molar-refractivity contribution in [2.24, 2.45) is 0 Å². The van der Waals surface area contributed by atoms with Gasteiger partial charge in [0, 0.05) is 11.1 Å². The van der Waals surface area contributed by atoms with E-state index in [1.807, 2.05) is 13.8 Å². The fourth-order valence-electron chi connectivity index (χ4n) is 1.63. The standard InChI is InChI=1S/C12H15N3O2S2/c1-8-3-4-11(10(13)5-8)19(16,17)15-7-12-14-6-9(2)18-12/h3-6,15H,7,13H2,1-2H3. The first-order valence-corrected chi connectivity index (χ1v) is 7.95. The number of hydrogen-bond donors (Lipinski definition) is 2. The molecule has 0 aliphatic carbocycles. The summed E-state index contributed by atoms with van der Waals surface area (Å²) in [4.78, 5) is 5.26. The van der Waals surface area contributed by atoms with E-state index in [2.05, 4.69) is 9.71 Å². The third-order valence-corrected chi connectivity index (χ3v) is 4.93. The zero-order chi connectivity index (χ0) is 14.0. The van der Waals surface area contributed by atoms with Crippen molar-refractivity contribution < 1.29 is 8.42 Å². The third-order valence-electron chi connectivity index (χ3n) is 2.54. The van der Waals surface area contributed by atoms with Crippen molar-refractivity contribution in [1.82, 2.24) is 9.71 Å². The summed E-state index contributed by atoms with van der Waals surface area (Å²) in [6, 6.07) is 4.88. The summed E-state index contributed by atoms with van der Waals surface area (Å²) in [6.45, 7) is 3.96. The van der Waals surface area contributed by atoms with E-state index in [1.54, 1.807) is 18.3 Å². The third kappa shape index (κ3) is 3.31. The molecule has 0 aliphatic heterocycles. The number of hydrogen-bond acceptors (Lipinski definition) is 5. The second-order valence-corrected chi connectivity index (χ2v) is 7.29. The highest BCUT2D eigenvalue weighted by Gasteiger charge is 2.17. The first-order chi connectivity index (χ1) is 8.88. The van der Waals surface area contributed by atoms with Crippen molar-refractivity contribution >= 4 is 27.0 Å². The number of thiazole rings is 1. The summed E-state index contributed by atoms with van der Waals surface area (Å²) in [7, 11) is -3.60. The average molecular weight is 297 g/mol. The number of aryl methyl sites for hydroxylation is 2. The normalized spacial score (nSPS) is 11.7. The van der Waals surface area contributed by atoms with Crippen molar-refractivity contribution in [2.75, 3.05) is 5.73 Å². The molecule has 1 heterocycles. The summed E-state index contributed by atoms with van der Waals surface area (Å²) in [6.07, 6.45) is 1.72. The number of rotatable bonds is 4. The predicted molar refractivity (Wildman–Crippen MR) is 76.5 cm³/mol. The van der Waals surface area contributed by atoms with E-state index in [1.165, 1.54) is 17.4 Å². The second-order valence-electron chi connectivity index (χ2n) is 4.23. The Morgan fingerprint density at radius 3 is 2.68 bits per heavy atom. The second kappa shape index (κ2) is 5.28. The van der Waals surface area contributed by atoms with Gasteiger partial charge in [0.25, 0.3) is 0 Å². The van der Waals surface area contributed by atoms with E-state index in [0.717, 1.165) is 15.4 Å². The van der Waals surface area contributed by atoms with Crippen LogP contribution < -0.4 is 10.5 Å². The first-order valence-electron chi connectivity index (χ1n) is 5.65. The lowest BCUT2D eigenvalue weighted by molar-refractivity contribution is 0.581. The van der Waals surface area contributed by atoms with E-state index in [4.69, 9.17) is 5.73 Å². The Kier molecular flexibility index (Phi) is 3.88. The summed E-state index contributed by atoms with van der Waals surface area (Å²) >= 11 is 1.46. The number of nitrogens with two attached hydrogens (primary N) is 1. The molecule has 2 rings (SSSR count). The van der Waals surface area contributed by atoms with Crippen molar-refractivity contribution in [3.05, 3.63) is 39.8 Å². The summed E-state index contributed by atoms with van der Waals surface area (Å²) in [5, 5.41) is 0.728. The van der Waals surface area contributed by atoms with Crippen molar-refractivity contribution in [2.45, 2.75) is 25.3 Å². The molecule has 1 aromatic heterocycles. The van der Waals surface area contributed by atoms with Crippen molar-refractivity contribution in [3.63, 3.8) is 0 Å². The van der Waals surface area contributed by atoms with Crippen LogP contribution in [0.4, 0.5) is 5.69 Å². The molecule has 0 aliphatic rings. The summed E-state index contributed by atoms with van der Waals surface area (Å²) in [5.74, 6) is 0. The van der Waals surface area contributed by atoms with Gasteiger partial charge in [-0.05, 0) is 31.5 Å². The molecule has 7 heteroatoms. The van der Waals surface area contributed by atoms with Crippen LogP contribution >= 0.6 is 11.3 Å². The zero-order valence-electron chi connectivity index (χ0n) is 10.7. The van der Waals surface area contributed by atoms with Gasteiger partial charge in [-0.1, -0.05) is 6.07 Å². The molecule has 1 aromatic carbocycles. The van der Waals surface area contributed by atoms with E-state index < -0.39 is 10.0 Å². The van der Waals surface area contributed by atoms with Crippen molar-refractivity contribution in [3.8, 4) is 0 Å². The van der Waals surface area contributed by atoms with Crippen LogP contribution in [0.5, 0.6) is 0 Å². The van der Waals surface area contributed by atoms with Gasteiger partial charge in [0.1, 0.15) is 9.90 Å². The largest absolute Gasteiger partial charge is 0.398 e. The summed E-state index contributed by atoms with van der Waals surface area (Å²) < 4.78 is 26.8. The smallest absolute Gasteiger partial charge is 0.242 e. The Labute approximate surface area is 116 Å². The molecule has 5 nitrogen and oxygen atoms in total. The van der Waals surface area contributed by atoms with Gasteiger partial charge in [-0.3, -0.25) is 0 Å². The minimum absolute atomic E-state index is 0.103. The van der Waals surface area contributed by atoms with Crippen LogP contribution in [0.15, 0.2) is 29.3 Å². The number of nitrogen functional groups attached to an aromatic ring is 1. The van der Waals surface area contributed by atoms with E-state index in [-0.39, 0.29) is 17.1 Å². The van der Waals surface area contributed by atoms with Gasteiger partial charge in [-0.25, -0.2) is 18.1 Å². The van der Waals surface area contributed by atoms with Gasteiger partial charge in [0.05, 0.1) is 12.2 Å². The Morgan fingerprint density at radius 2 is 2.11 bits per heavy atom. The van der Waals surface area contributed by atoms with Crippen LogP contribution in [0.2, 0.25) is 0 Å². The molecule has 0 spiro atoms. The number of benzene rings is 1. The molecule has 2 aromatic rings. The van der Waals surface area contributed by atoms with Crippen LogP contribution in [-0.4, -0.2) is 13.4 Å². The molecular formula is C12H15N3O2S2. The monoisotopic (exact) mass is 297 g/mol.